The predicted molar refractivity (Wildman–Crippen MR) is 199 cm³/mol. The summed E-state index contributed by atoms with van der Waals surface area (Å²) in [5.41, 5.74) is -2.69. The average Bonchev–Trinajstić information content (AvgIpc) is 3.14. The van der Waals surface area contributed by atoms with Crippen molar-refractivity contribution in [2.24, 2.45) is 50.7 Å². The summed E-state index contributed by atoms with van der Waals surface area (Å²) in [6.45, 7) is 14.4. The van der Waals surface area contributed by atoms with Gasteiger partial charge in [-0.15, -0.1) is 0 Å². The molecule has 0 unspecified atom stereocenters. The Labute approximate surface area is 334 Å². The molecular formula is C42H66O15. The number of aliphatic hydroxyl groups excluding tert-OH is 7. The minimum Gasteiger partial charge on any atom is -0.479 e. The molecule has 0 aromatic heterocycles. The number of ether oxygens (including phenoxy) is 4. The zero-order valence-electron chi connectivity index (χ0n) is 34.3. The highest BCUT2D eigenvalue weighted by Crippen LogP contribution is 2.76. The predicted octanol–water partition coefficient (Wildman–Crippen LogP) is 1.38. The molecular weight excluding hydrogens is 744 g/mol. The molecule has 2 aliphatic heterocycles. The fourth-order valence-electron chi connectivity index (χ4n) is 13.8. The van der Waals surface area contributed by atoms with Crippen LogP contribution < -0.4 is 0 Å². The van der Waals surface area contributed by atoms with Crippen molar-refractivity contribution in [1.29, 1.82) is 0 Å². The van der Waals surface area contributed by atoms with E-state index in [0.717, 1.165) is 24.8 Å². The Morgan fingerprint density at radius 1 is 0.772 bits per heavy atom. The fourth-order valence-corrected chi connectivity index (χ4v) is 13.8. The zero-order chi connectivity index (χ0) is 42.0. The van der Waals surface area contributed by atoms with Gasteiger partial charge in [0.15, 0.2) is 12.4 Å². The van der Waals surface area contributed by atoms with Gasteiger partial charge in [-0.1, -0.05) is 53.2 Å². The first-order chi connectivity index (χ1) is 26.4. The van der Waals surface area contributed by atoms with Gasteiger partial charge in [0.05, 0.1) is 23.7 Å². The third-order valence-corrected chi connectivity index (χ3v) is 17.6. The number of carboxylic acids is 1. The minimum atomic E-state index is -1.81. The molecule has 7 aliphatic rings. The lowest BCUT2D eigenvalue weighted by Gasteiger charge is -2.72. The Balaban J connectivity index is 1.18. The van der Waals surface area contributed by atoms with E-state index >= 15 is 0 Å². The van der Waals surface area contributed by atoms with Crippen LogP contribution in [0.4, 0.5) is 0 Å². The number of fused-ring (bicyclic) bond motifs is 7. The summed E-state index contributed by atoms with van der Waals surface area (Å²) in [6.07, 6.45) is -8.63. The summed E-state index contributed by atoms with van der Waals surface area (Å²) in [5, 5.41) is 95.0. The van der Waals surface area contributed by atoms with Crippen LogP contribution in [0.15, 0.2) is 11.6 Å². The van der Waals surface area contributed by atoms with E-state index in [0.29, 0.717) is 38.5 Å². The maximum atomic E-state index is 14.6. The van der Waals surface area contributed by atoms with E-state index < -0.39 is 114 Å². The first-order valence-electron chi connectivity index (χ1n) is 21.0. The van der Waals surface area contributed by atoms with Crippen LogP contribution in [0.5, 0.6) is 0 Å². The van der Waals surface area contributed by atoms with Crippen molar-refractivity contribution in [3.8, 4) is 0 Å². The quantitative estimate of drug-likeness (QED) is 0.104. The molecule has 2 heterocycles. The Morgan fingerprint density at radius 3 is 2.07 bits per heavy atom. The maximum Gasteiger partial charge on any atom is 0.335 e. The molecule has 0 amide bonds. The van der Waals surface area contributed by atoms with E-state index in [9.17, 15) is 55.5 Å². The van der Waals surface area contributed by atoms with Gasteiger partial charge in [-0.3, -0.25) is 4.79 Å². The van der Waals surface area contributed by atoms with Crippen LogP contribution in [-0.4, -0.2) is 138 Å². The lowest BCUT2D eigenvalue weighted by molar-refractivity contribution is -0.324. The van der Waals surface area contributed by atoms with Gasteiger partial charge in [-0.05, 0) is 104 Å². The molecule has 7 rings (SSSR count). The summed E-state index contributed by atoms with van der Waals surface area (Å²) >= 11 is 0. The number of rotatable bonds is 6. The second kappa shape index (κ2) is 14.4. The zero-order valence-corrected chi connectivity index (χ0v) is 34.3. The number of esters is 1. The van der Waals surface area contributed by atoms with Crippen LogP contribution in [-0.2, 0) is 28.5 Å². The van der Waals surface area contributed by atoms with Crippen LogP contribution in [0.1, 0.15) is 106 Å². The van der Waals surface area contributed by atoms with Crippen molar-refractivity contribution in [3.63, 3.8) is 0 Å². The molecule has 15 heteroatoms. The molecule has 0 aromatic rings. The van der Waals surface area contributed by atoms with Gasteiger partial charge in [0.2, 0.25) is 6.29 Å². The molecule has 9 N–H and O–H groups in total. The molecule has 0 spiro atoms. The Hall–Kier alpha value is -1.76. The first kappa shape index (κ1) is 43.3. The van der Waals surface area contributed by atoms with E-state index in [1.807, 2.05) is 13.8 Å². The van der Waals surface area contributed by atoms with Crippen molar-refractivity contribution >= 4 is 11.9 Å². The van der Waals surface area contributed by atoms with Crippen molar-refractivity contribution in [2.45, 2.75) is 179 Å². The third-order valence-electron chi connectivity index (χ3n) is 17.6. The number of carbonyl (C=O) groups excluding carboxylic acids is 1. The number of aliphatic hydroxyl groups is 8. The van der Waals surface area contributed by atoms with Crippen LogP contribution >= 0.6 is 0 Å². The Kier molecular flexibility index (Phi) is 11.0. The van der Waals surface area contributed by atoms with E-state index in [1.54, 1.807) is 0 Å². The number of hydrogen-bond donors (Lipinski definition) is 9. The highest BCUT2D eigenvalue weighted by Gasteiger charge is 2.72. The largest absolute Gasteiger partial charge is 0.479 e. The summed E-state index contributed by atoms with van der Waals surface area (Å²) in [5.74, 6) is -2.49. The second-order valence-corrected chi connectivity index (χ2v) is 20.4. The van der Waals surface area contributed by atoms with E-state index in [1.165, 1.54) is 0 Å². The maximum absolute atomic E-state index is 14.6. The van der Waals surface area contributed by atoms with Crippen molar-refractivity contribution < 1.29 is 74.5 Å². The van der Waals surface area contributed by atoms with Crippen LogP contribution in [0.25, 0.3) is 0 Å². The highest BCUT2D eigenvalue weighted by atomic mass is 16.7. The molecule has 20 atom stereocenters. The summed E-state index contributed by atoms with van der Waals surface area (Å²) in [7, 11) is 0. The molecule has 2 saturated heterocycles. The van der Waals surface area contributed by atoms with Crippen molar-refractivity contribution in [2.75, 3.05) is 6.61 Å². The van der Waals surface area contributed by atoms with Crippen molar-refractivity contribution in [3.05, 3.63) is 11.6 Å². The minimum absolute atomic E-state index is 0.143. The topological polar surface area (TPSA) is 253 Å². The van der Waals surface area contributed by atoms with Gasteiger partial charge in [-0.25, -0.2) is 4.79 Å². The number of hydrogen-bond acceptors (Lipinski definition) is 14. The lowest BCUT2D eigenvalue weighted by Crippen LogP contribution is -2.68. The summed E-state index contributed by atoms with van der Waals surface area (Å²) in [6, 6.07) is 0. The van der Waals surface area contributed by atoms with E-state index in [4.69, 9.17) is 18.9 Å². The average molecular weight is 811 g/mol. The SMILES string of the molecule is C[C@@H]1CC[C@]2(C(=O)O[C@@H]3O[C@H](CO)[C@@H](O)[C@H](O)[C@H]3O)CC[C@]3(C)C(=CC[C@@H]4[C@@]5(C)CC[C@H](O[C@@H]6O[C@H](C(=O)O)[C@@H](O)[C@H](O)[C@H]6O)C(C)(C)[C@H]5CC[C@]43C)[C@@H]2[C@]1(C)O. The monoisotopic (exact) mass is 810 g/mol. The third kappa shape index (κ3) is 6.14. The van der Waals surface area contributed by atoms with Gasteiger partial charge < -0.3 is 64.9 Å². The van der Waals surface area contributed by atoms with E-state index in [2.05, 4.69) is 40.7 Å². The molecule has 0 bridgehead atoms. The molecule has 0 radical (unpaired) electrons. The van der Waals surface area contributed by atoms with Gasteiger partial charge in [0.25, 0.3) is 0 Å². The molecule has 324 valence electrons. The molecule has 4 saturated carbocycles. The first-order valence-corrected chi connectivity index (χ1v) is 21.0. The van der Waals surface area contributed by atoms with Gasteiger partial charge in [0.1, 0.15) is 42.7 Å². The molecule has 6 fully saturated rings. The molecule has 5 aliphatic carbocycles. The summed E-state index contributed by atoms with van der Waals surface area (Å²) < 4.78 is 23.4. The van der Waals surface area contributed by atoms with Gasteiger partial charge in [0, 0.05) is 5.92 Å². The number of allylic oxidation sites excluding steroid dienone is 1. The molecule has 15 nitrogen and oxygen atoms in total. The Morgan fingerprint density at radius 2 is 1.42 bits per heavy atom. The number of carboxylic acid groups (broad SMARTS) is 1. The number of carbonyl (C=O) groups is 2. The van der Waals surface area contributed by atoms with Crippen molar-refractivity contribution in [1.82, 2.24) is 0 Å². The molecule has 57 heavy (non-hydrogen) atoms. The van der Waals surface area contributed by atoms with Crippen LogP contribution in [0.2, 0.25) is 0 Å². The Bertz CT molecular complexity index is 1600. The van der Waals surface area contributed by atoms with Crippen LogP contribution in [0, 0.1) is 50.7 Å². The smallest absolute Gasteiger partial charge is 0.335 e. The normalized spacial score (nSPS) is 54.6. The lowest BCUT2D eigenvalue weighted by atomic mass is 9.33. The number of aliphatic carboxylic acids is 1. The summed E-state index contributed by atoms with van der Waals surface area (Å²) in [4.78, 5) is 26.4. The standard InChI is InChI=1S/C42H66O15/c1-19-10-15-42(36(52)57-34-29(48)26(45)25(44)21(18-43)54-34)17-16-39(5)20(32(42)41(19,7)53)8-9-23-38(4)13-12-24(37(2,3)22(38)11-14-40(23,39)6)55-35-30(49)27(46)28(47)31(56-35)33(50)51/h8,19,21-32,34-35,43-49,53H,9-18H2,1-7H3,(H,50,51)/t19-,21-,22-,23-,24+,25-,26+,27+,28+,29-,30-,31+,32-,34+,35-,38+,39-,40-,41-,42+/m1/s1. The highest BCUT2D eigenvalue weighted by molar-refractivity contribution is 5.79. The molecule has 0 aromatic carbocycles. The van der Waals surface area contributed by atoms with Crippen LogP contribution in [0.3, 0.4) is 0 Å². The van der Waals surface area contributed by atoms with Gasteiger partial charge >= 0.3 is 11.9 Å². The van der Waals surface area contributed by atoms with E-state index in [-0.39, 0.29) is 28.6 Å². The second-order valence-electron chi connectivity index (χ2n) is 20.4. The van der Waals surface area contributed by atoms with Gasteiger partial charge in [-0.2, -0.15) is 0 Å². The fraction of sp³-hybridized carbons (Fsp3) is 0.905.